The van der Waals surface area contributed by atoms with Gasteiger partial charge in [-0.3, -0.25) is 9.59 Å². The van der Waals surface area contributed by atoms with E-state index >= 15 is 0 Å². The molecule has 2 amide bonds. The van der Waals surface area contributed by atoms with E-state index < -0.39 is 36.1 Å². The third-order valence-corrected chi connectivity index (χ3v) is 5.44. The van der Waals surface area contributed by atoms with E-state index in [0.29, 0.717) is 11.1 Å². The second-order valence-corrected chi connectivity index (χ2v) is 7.50. The highest BCUT2D eigenvalue weighted by Gasteiger charge is 2.58. The minimum Gasteiger partial charge on any atom is -0.366 e. The predicted molar refractivity (Wildman–Crippen MR) is 108 cm³/mol. The molecule has 1 fully saturated rings. The Bertz CT molecular complexity index is 1140. The SMILES string of the molecule is CC1=C(C(=O)Nc2cccc(C#N)c2)C(=O)N2NC(C(F)(F)F)C(c3ccccc3)C2N1. The van der Waals surface area contributed by atoms with Crippen molar-refractivity contribution in [2.24, 2.45) is 0 Å². The molecule has 0 radical (unpaired) electrons. The number of amides is 2. The molecule has 2 heterocycles. The van der Waals surface area contributed by atoms with Crippen LogP contribution in [0.4, 0.5) is 18.9 Å². The summed E-state index contributed by atoms with van der Waals surface area (Å²) in [6.45, 7) is 1.47. The Kier molecular flexibility index (Phi) is 5.36. The van der Waals surface area contributed by atoms with E-state index in [-0.39, 0.29) is 17.0 Å². The molecule has 4 rings (SSSR count). The Morgan fingerprint density at radius 2 is 1.88 bits per heavy atom. The number of alkyl halides is 3. The van der Waals surface area contributed by atoms with Gasteiger partial charge in [0.1, 0.15) is 17.8 Å². The van der Waals surface area contributed by atoms with Gasteiger partial charge in [0, 0.05) is 11.4 Å². The molecule has 3 unspecified atom stereocenters. The summed E-state index contributed by atoms with van der Waals surface area (Å²) in [5.74, 6) is -2.78. The molecule has 0 aromatic heterocycles. The standard InChI is InChI=1S/C22H18F3N5O2/c1-12-16(20(31)28-15-9-5-6-13(10-15)11-26)21(32)30-19(27-12)17(14-7-3-2-4-8-14)18(29-30)22(23,24)25/h2-10,17-19,27,29H,1H3,(H,28,31). The van der Waals surface area contributed by atoms with Crippen LogP contribution in [0.15, 0.2) is 65.9 Å². The molecular formula is C22H18F3N5O2. The first-order chi connectivity index (χ1) is 15.2. The van der Waals surface area contributed by atoms with Crippen LogP contribution in [0.3, 0.4) is 0 Å². The second kappa shape index (κ2) is 8.01. The molecule has 10 heteroatoms. The van der Waals surface area contributed by atoms with Crippen molar-refractivity contribution in [1.29, 1.82) is 5.26 Å². The van der Waals surface area contributed by atoms with Gasteiger partial charge in [-0.15, -0.1) is 0 Å². The molecule has 3 N–H and O–H groups in total. The maximum absolute atomic E-state index is 13.8. The van der Waals surface area contributed by atoms with Gasteiger partial charge >= 0.3 is 6.18 Å². The van der Waals surface area contributed by atoms with Gasteiger partial charge in [-0.2, -0.15) is 18.4 Å². The molecule has 0 spiro atoms. The number of anilines is 1. The Hall–Kier alpha value is -3.84. The average Bonchev–Trinajstić information content (AvgIpc) is 3.14. The van der Waals surface area contributed by atoms with Gasteiger partial charge in [0.25, 0.3) is 11.8 Å². The number of carbonyl (C=O) groups is 2. The first-order valence-corrected chi connectivity index (χ1v) is 9.71. The zero-order chi connectivity index (χ0) is 23.0. The smallest absolute Gasteiger partial charge is 0.366 e. The summed E-state index contributed by atoms with van der Waals surface area (Å²) in [5.41, 5.74) is 3.11. The quantitative estimate of drug-likeness (QED) is 0.637. The van der Waals surface area contributed by atoms with Crippen molar-refractivity contribution in [3.63, 3.8) is 0 Å². The molecule has 7 nitrogen and oxygen atoms in total. The van der Waals surface area contributed by atoms with Crippen LogP contribution in [0.2, 0.25) is 0 Å². The fourth-order valence-corrected chi connectivity index (χ4v) is 4.02. The van der Waals surface area contributed by atoms with E-state index in [0.717, 1.165) is 5.01 Å². The summed E-state index contributed by atoms with van der Waals surface area (Å²) in [5, 5.41) is 15.3. The number of nitrogens with one attached hydrogen (secondary N) is 3. The number of nitriles is 1. The Balaban J connectivity index is 1.66. The Morgan fingerprint density at radius 3 is 2.53 bits per heavy atom. The van der Waals surface area contributed by atoms with Crippen molar-refractivity contribution >= 4 is 17.5 Å². The van der Waals surface area contributed by atoms with E-state index in [2.05, 4.69) is 16.1 Å². The number of hydrazine groups is 1. The van der Waals surface area contributed by atoms with Gasteiger partial charge in [0.15, 0.2) is 0 Å². The minimum absolute atomic E-state index is 0.163. The van der Waals surface area contributed by atoms with Crippen LogP contribution >= 0.6 is 0 Å². The van der Waals surface area contributed by atoms with Gasteiger partial charge in [0.2, 0.25) is 0 Å². The highest BCUT2D eigenvalue weighted by atomic mass is 19.4. The van der Waals surface area contributed by atoms with Gasteiger partial charge in [-0.25, -0.2) is 10.4 Å². The van der Waals surface area contributed by atoms with Crippen molar-refractivity contribution in [3.8, 4) is 6.07 Å². The molecule has 0 saturated carbocycles. The molecule has 32 heavy (non-hydrogen) atoms. The van der Waals surface area contributed by atoms with Crippen molar-refractivity contribution in [1.82, 2.24) is 15.8 Å². The lowest BCUT2D eigenvalue weighted by Crippen LogP contribution is -2.56. The molecule has 2 aromatic rings. The van der Waals surface area contributed by atoms with Crippen molar-refractivity contribution in [3.05, 3.63) is 77.0 Å². The third-order valence-electron chi connectivity index (χ3n) is 5.44. The van der Waals surface area contributed by atoms with Gasteiger partial charge in [-0.1, -0.05) is 36.4 Å². The van der Waals surface area contributed by atoms with E-state index in [9.17, 15) is 22.8 Å². The van der Waals surface area contributed by atoms with Gasteiger partial charge in [0.05, 0.1) is 17.6 Å². The summed E-state index contributed by atoms with van der Waals surface area (Å²) in [6.07, 6.45) is -5.66. The molecule has 2 aliphatic rings. The monoisotopic (exact) mass is 441 g/mol. The second-order valence-electron chi connectivity index (χ2n) is 7.50. The number of benzene rings is 2. The highest BCUT2D eigenvalue weighted by molar-refractivity contribution is 6.23. The normalized spacial score (nSPS) is 22.8. The summed E-state index contributed by atoms with van der Waals surface area (Å²) < 4.78 is 41.5. The molecule has 1 saturated heterocycles. The minimum atomic E-state index is -4.63. The van der Waals surface area contributed by atoms with Crippen LogP contribution in [0.25, 0.3) is 0 Å². The molecule has 0 aliphatic carbocycles. The zero-order valence-corrected chi connectivity index (χ0v) is 16.8. The van der Waals surface area contributed by atoms with Crippen LogP contribution < -0.4 is 16.1 Å². The highest BCUT2D eigenvalue weighted by Crippen LogP contribution is 2.41. The third kappa shape index (κ3) is 3.78. The number of nitrogens with zero attached hydrogens (tertiary/aromatic N) is 2. The van der Waals surface area contributed by atoms with Crippen LogP contribution in [-0.4, -0.2) is 35.2 Å². The lowest BCUT2D eigenvalue weighted by Gasteiger charge is -2.34. The van der Waals surface area contributed by atoms with Crippen molar-refractivity contribution in [2.75, 3.05) is 5.32 Å². The van der Waals surface area contributed by atoms with Crippen LogP contribution in [0, 0.1) is 11.3 Å². The number of allylic oxidation sites excluding steroid dienone is 1. The van der Waals surface area contributed by atoms with E-state index in [1.54, 1.807) is 42.5 Å². The van der Waals surface area contributed by atoms with E-state index in [1.165, 1.54) is 19.1 Å². The summed E-state index contributed by atoms with van der Waals surface area (Å²) >= 11 is 0. The molecule has 2 aliphatic heterocycles. The maximum Gasteiger partial charge on any atom is 0.406 e. The largest absolute Gasteiger partial charge is 0.406 e. The zero-order valence-electron chi connectivity index (χ0n) is 16.8. The molecule has 164 valence electrons. The molecule has 3 atom stereocenters. The van der Waals surface area contributed by atoms with E-state index in [4.69, 9.17) is 5.26 Å². The van der Waals surface area contributed by atoms with Crippen LogP contribution in [-0.2, 0) is 9.59 Å². The number of carbonyl (C=O) groups excluding carboxylic acids is 2. The number of fused-ring (bicyclic) bond motifs is 1. The lowest BCUT2D eigenvalue weighted by molar-refractivity contribution is -0.161. The van der Waals surface area contributed by atoms with E-state index in [1.807, 2.05) is 6.07 Å². The predicted octanol–water partition coefficient (Wildman–Crippen LogP) is 2.76. The Labute approximate surface area is 181 Å². The van der Waals surface area contributed by atoms with Crippen molar-refractivity contribution in [2.45, 2.75) is 31.2 Å². The van der Waals surface area contributed by atoms with Crippen LogP contribution in [0.5, 0.6) is 0 Å². The summed E-state index contributed by atoms with van der Waals surface area (Å²) in [6, 6.07) is 14.1. The fraction of sp³-hybridized carbons (Fsp3) is 0.227. The maximum atomic E-state index is 13.8. The number of rotatable bonds is 3. The van der Waals surface area contributed by atoms with Gasteiger partial charge < -0.3 is 10.6 Å². The average molecular weight is 441 g/mol. The fourth-order valence-electron chi connectivity index (χ4n) is 4.02. The number of hydrogen-bond acceptors (Lipinski definition) is 5. The summed E-state index contributed by atoms with van der Waals surface area (Å²) in [7, 11) is 0. The lowest BCUT2D eigenvalue weighted by atomic mass is 9.89. The topological polar surface area (TPSA) is 97.3 Å². The molecule has 2 aromatic carbocycles. The summed E-state index contributed by atoms with van der Waals surface area (Å²) in [4.78, 5) is 25.9. The van der Waals surface area contributed by atoms with Crippen LogP contribution in [0.1, 0.15) is 24.0 Å². The first-order valence-electron chi connectivity index (χ1n) is 9.71. The Morgan fingerprint density at radius 1 is 1.16 bits per heavy atom. The number of halogens is 3. The van der Waals surface area contributed by atoms with Crippen molar-refractivity contribution < 1.29 is 22.8 Å². The molecule has 0 bridgehead atoms. The first kappa shape index (κ1) is 21.4. The molecular weight excluding hydrogens is 423 g/mol. The number of hydrogen-bond donors (Lipinski definition) is 3. The van der Waals surface area contributed by atoms with Gasteiger partial charge in [-0.05, 0) is 30.7 Å².